The normalized spacial score (nSPS) is 29.8. The van der Waals surface area contributed by atoms with Gasteiger partial charge in [-0.25, -0.2) is 0 Å². The Hall–Kier alpha value is -0.610. The average molecular weight is 268 g/mol. The van der Waals surface area contributed by atoms with Gasteiger partial charge in [0.15, 0.2) is 0 Å². The van der Waals surface area contributed by atoms with Crippen molar-refractivity contribution in [2.24, 2.45) is 5.92 Å². The van der Waals surface area contributed by atoms with Crippen LogP contribution < -0.4 is 5.32 Å². The van der Waals surface area contributed by atoms with Gasteiger partial charge in [-0.15, -0.1) is 0 Å². The Morgan fingerprint density at radius 1 is 1.32 bits per heavy atom. The molecule has 110 valence electrons. The molecule has 0 saturated carbocycles. The summed E-state index contributed by atoms with van der Waals surface area (Å²) in [5, 5.41) is 3.62. The summed E-state index contributed by atoms with van der Waals surface area (Å²) in [4.78, 5) is 14.0. The Morgan fingerprint density at radius 3 is 2.53 bits per heavy atom. The third-order valence-electron chi connectivity index (χ3n) is 4.34. The topological polar surface area (TPSA) is 41.6 Å². The highest BCUT2D eigenvalue weighted by Gasteiger charge is 2.34. The van der Waals surface area contributed by atoms with Crippen molar-refractivity contribution in [2.45, 2.75) is 64.1 Å². The number of hydrogen-bond donors (Lipinski definition) is 1. The van der Waals surface area contributed by atoms with Gasteiger partial charge in [-0.05, 0) is 45.4 Å². The summed E-state index contributed by atoms with van der Waals surface area (Å²) in [5.74, 6) is 0.860. The number of ether oxygens (including phenoxy) is 1. The van der Waals surface area contributed by atoms with Crippen molar-refractivity contribution in [1.82, 2.24) is 10.2 Å². The van der Waals surface area contributed by atoms with E-state index in [2.05, 4.69) is 5.32 Å². The van der Waals surface area contributed by atoms with E-state index in [4.69, 9.17) is 4.74 Å². The number of hydrogen-bond acceptors (Lipinski definition) is 3. The van der Waals surface area contributed by atoms with Crippen LogP contribution in [0.4, 0.5) is 0 Å². The minimum absolute atomic E-state index is 0.239. The van der Waals surface area contributed by atoms with Crippen LogP contribution in [-0.2, 0) is 9.53 Å². The summed E-state index contributed by atoms with van der Waals surface area (Å²) in [5.41, 5.74) is 0. The van der Waals surface area contributed by atoms with E-state index in [0.29, 0.717) is 37.6 Å². The van der Waals surface area contributed by atoms with Crippen molar-refractivity contribution in [3.05, 3.63) is 0 Å². The van der Waals surface area contributed by atoms with E-state index in [-0.39, 0.29) is 12.0 Å². The van der Waals surface area contributed by atoms with Crippen LogP contribution in [0.25, 0.3) is 0 Å². The first-order chi connectivity index (χ1) is 9.04. The Bertz CT molecular complexity index is 295. The van der Waals surface area contributed by atoms with E-state index < -0.39 is 0 Å². The highest BCUT2D eigenvalue weighted by atomic mass is 16.5. The molecule has 2 saturated heterocycles. The van der Waals surface area contributed by atoms with Crippen molar-refractivity contribution in [2.75, 3.05) is 20.2 Å². The molecular weight excluding hydrogens is 240 g/mol. The third-order valence-corrected chi connectivity index (χ3v) is 4.34. The molecule has 19 heavy (non-hydrogen) atoms. The Kier molecular flexibility index (Phi) is 5.22. The highest BCUT2D eigenvalue weighted by molar-refractivity contribution is 5.76. The molecule has 2 atom stereocenters. The lowest BCUT2D eigenvalue weighted by Gasteiger charge is -2.30. The van der Waals surface area contributed by atoms with Crippen molar-refractivity contribution in [3.63, 3.8) is 0 Å². The molecule has 0 aromatic rings. The van der Waals surface area contributed by atoms with Crippen LogP contribution >= 0.6 is 0 Å². The average Bonchev–Trinajstić information content (AvgIpc) is 2.68. The lowest BCUT2D eigenvalue weighted by atomic mass is 9.89. The van der Waals surface area contributed by atoms with Gasteiger partial charge >= 0.3 is 0 Å². The van der Waals surface area contributed by atoms with Crippen LogP contribution in [0.5, 0.6) is 0 Å². The summed E-state index contributed by atoms with van der Waals surface area (Å²) in [6, 6.07) is 1.34. The fraction of sp³-hybridized carbons (Fsp3) is 0.933. The highest BCUT2D eigenvalue weighted by Crippen LogP contribution is 2.32. The molecule has 1 amide bonds. The van der Waals surface area contributed by atoms with Crippen LogP contribution in [0.3, 0.4) is 0 Å². The van der Waals surface area contributed by atoms with Gasteiger partial charge in [-0.1, -0.05) is 0 Å². The third kappa shape index (κ3) is 4.46. The van der Waals surface area contributed by atoms with Crippen LogP contribution in [0.2, 0.25) is 0 Å². The van der Waals surface area contributed by atoms with Gasteiger partial charge in [0, 0.05) is 32.1 Å². The van der Waals surface area contributed by atoms with Gasteiger partial charge in [0.05, 0.1) is 12.7 Å². The predicted octanol–water partition coefficient (Wildman–Crippen LogP) is 1.79. The van der Waals surface area contributed by atoms with Crippen LogP contribution in [-0.4, -0.2) is 49.2 Å². The molecule has 2 rings (SSSR count). The molecule has 0 aliphatic carbocycles. The van der Waals surface area contributed by atoms with Crippen molar-refractivity contribution < 1.29 is 9.53 Å². The minimum Gasteiger partial charge on any atom is -0.377 e. The molecule has 2 fully saturated rings. The van der Waals surface area contributed by atoms with Crippen molar-refractivity contribution in [3.8, 4) is 0 Å². The number of fused-ring (bicyclic) bond motifs is 2. The molecule has 2 heterocycles. The number of amides is 1. The molecule has 2 unspecified atom stereocenters. The maximum Gasteiger partial charge on any atom is 0.222 e. The van der Waals surface area contributed by atoms with Crippen molar-refractivity contribution >= 4 is 5.91 Å². The SMILES string of the molecule is CC(C)OCCN(C)C(=O)CC1CC2CCC(C1)N2. The number of nitrogens with zero attached hydrogens (tertiary/aromatic N) is 1. The van der Waals surface area contributed by atoms with Crippen molar-refractivity contribution in [1.29, 1.82) is 0 Å². The maximum atomic E-state index is 12.2. The zero-order valence-corrected chi connectivity index (χ0v) is 12.5. The molecule has 4 heteroatoms. The van der Waals surface area contributed by atoms with Gasteiger partial charge < -0.3 is 15.0 Å². The van der Waals surface area contributed by atoms with E-state index in [0.717, 1.165) is 0 Å². The quantitative estimate of drug-likeness (QED) is 0.798. The standard InChI is InChI=1S/C15H28N2O2/c1-11(2)19-7-6-17(3)15(18)10-12-8-13-4-5-14(9-12)16-13/h11-14,16H,4-10H2,1-3H3. The number of piperidine rings is 1. The molecular formula is C15H28N2O2. The first-order valence-corrected chi connectivity index (χ1v) is 7.66. The van der Waals surface area contributed by atoms with Gasteiger partial charge in [0.2, 0.25) is 5.91 Å². The summed E-state index contributed by atoms with van der Waals surface area (Å²) in [6.07, 6.45) is 5.91. The Balaban J connectivity index is 1.68. The van der Waals surface area contributed by atoms with Crippen LogP contribution in [0.15, 0.2) is 0 Å². The van der Waals surface area contributed by atoms with Gasteiger partial charge in [-0.2, -0.15) is 0 Å². The fourth-order valence-electron chi connectivity index (χ4n) is 3.29. The minimum atomic E-state index is 0.239. The van der Waals surface area contributed by atoms with E-state index in [9.17, 15) is 4.79 Å². The number of nitrogens with one attached hydrogen (secondary N) is 1. The van der Waals surface area contributed by atoms with Gasteiger partial charge in [0.1, 0.15) is 0 Å². The summed E-state index contributed by atoms with van der Waals surface area (Å²) < 4.78 is 5.49. The lowest BCUT2D eigenvalue weighted by Crippen LogP contribution is -2.40. The second-order valence-corrected chi connectivity index (χ2v) is 6.41. The second-order valence-electron chi connectivity index (χ2n) is 6.41. The first-order valence-electron chi connectivity index (χ1n) is 7.66. The lowest BCUT2D eigenvalue weighted by molar-refractivity contribution is -0.132. The fourth-order valence-corrected chi connectivity index (χ4v) is 3.29. The molecule has 2 aliphatic rings. The molecule has 2 aliphatic heterocycles. The zero-order valence-electron chi connectivity index (χ0n) is 12.5. The first kappa shape index (κ1) is 14.8. The maximum absolute atomic E-state index is 12.2. The number of carbonyl (C=O) groups is 1. The Morgan fingerprint density at radius 2 is 1.95 bits per heavy atom. The largest absolute Gasteiger partial charge is 0.377 e. The smallest absolute Gasteiger partial charge is 0.222 e. The summed E-state index contributed by atoms with van der Waals surface area (Å²) >= 11 is 0. The molecule has 0 aromatic heterocycles. The number of likely N-dealkylation sites (N-methyl/N-ethyl adjacent to an activating group) is 1. The molecule has 0 spiro atoms. The zero-order chi connectivity index (χ0) is 13.8. The predicted molar refractivity (Wildman–Crippen MR) is 76.0 cm³/mol. The summed E-state index contributed by atoms with van der Waals surface area (Å²) in [6.45, 7) is 5.38. The van der Waals surface area contributed by atoms with E-state index in [1.165, 1.54) is 25.7 Å². The van der Waals surface area contributed by atoms with Crippen LogP contribution in [0, 0.1) is 5.92 Å². The molecule has 1 N–H and O–H groups in total. The van der Waals surface area contributed by atoms with E-state index in [1.54, 1.807) is 0 Å². The van der Waals surface area contributed by atoms with Gasteiger partial charge in [-0.3, -0.25) is 4.79 Å². The van der Waals surface area contributed by atoms with Gasteiger partial charge in [0.25, 0.3) is 0 Å². The number of rotatable bonds is 6. The second kappa shape index (κ2) is 6.71. The summed E-state index contributed by atoms with van der Waals surface area (Å²) in [7, 11) is 1.89. The van der Waals surface area contributed by atoms with E-state index in [1.807, 2.05) is 25.8 Å². The molecule has 2 bridgehead atoms. The molecule has 0 aromatic carbocycles. The number of carbonyl (C=O) groups excluding carboxylic acids is 1. The molecule has 4 nitrogen and oxygen atoms in total. The van der Waals surface area contributed by atoms with E-state index >= 15 is 0 Å². The van der Waals surface area contributed by atoms with Crippen LogP contribution in [0.1, 0.15) is 46.0 Å². The Labute approximate surface area is 116 Å². The monoisotopic (exact) mass is 268 g/mol. The molecule has 0 radical (unpaired) electrons.